The van der Waals surface area contributed by atoms with Crippen LogP contribution >= 0.6 is 0 Å². The summed E-state index contributed by atoms with van der Waals surface area (Å²) in [6.07, 6.45) is -1.61. The molecule has 5 rings (SSSR count). The van der Waals surface area contributed by atoms with E-state index >= 15 is 0 Å². The normalized spacial score (nSPS) is 17.9. The van der Waals surface area contributed by atoms with E-state index in [1.165, 1.54) is 18.3 Å². The summed E-state index contributed by atoms with van der Waals surface area (Å²) in [5.41, 5.74) is 3.10. The summed E-state index contributed by atoms with van der Waals surface area (Å²) in [5, 5.41) is 10.9. The van der Waals surface area contributed by atoms with Gasteiger partial charge in [-0.3, -0.25) is 9.47 Å². The number of aromatic nitrogens is 2. The van der Waals surface area contributed by atoms with Crippen molar-refractivity contribution >= 4 is 11.5 Å². The van der Waals surface area contributed by atoms with Gasteiger partial charge in [-0.05, 0) is 60.2 Å². The van der Waals surface area contributed by atoms with Gasteiger partial charge in [0.15, 0.2) is 0 Å². The molecule has 0 radical (unpaired) electrons. The van der Waals surface area contributed by atoms with E-state index in [-0.39, 0.29) is 30.3 Å². The molecule has 1 atom stereocenters. The van der Waals surface area contributed by atoms with Crippen molar-refractivity contribution in [2.75, 3.05) is 31.6 Å². The van der Waals surface area contributed by atoms with Gasteiger partial charge in [-0.2, -0.15) is 0 Å². The predicted molar refractivity (Wildman–Crippen MR) is 139 cm³/mol. The fourth-order valence-electron chi connectivity index (χ4n) is 5.06. The van der Waals surface area contributed by atoms with Gasteiger partial charge in [0.2, 0.25) is 0 Å². The van der Waals surface area contributed by atoms with Crippen LogP contribution in [0.4, 0.5) is 24.7 Å². The number of nitrogens with zero attached hydrogens (tertiary/aromatic N) is 5. The molecule has 0 N–H and O–H groups in total. The molecule has 13 heteroatoms. The third-order valence-electron chi connectivity index (χ3n) is 7.18. The number of hydrogen-bond donors (Lipinski definition) is 0. The lowest BCUT2D eigenvalue weighted by Crippen LogP contribution is -2.43. The van der Waals surface area contributed by atoms with Gasteiger partial charge in [0.05, 0.1) is 13.2 Å². The summed E-state index contributed by atoms with van der Waals surface area (Å²) >= 11 is 0. The van der Waals surface area contributed by atoms with Crippen LogP contribution in [0.3, 0.4) is 0 Å². The number of anilines is 1. The Hall–Kier alpha value is -3.84. The van der Waals surface area contributed by atoms with Crippen molar-refractivity contribution in [1.29, 1.82) is 0 Å². The van der Waals surface area contributed by atoms with Crippen LogP contribution in [0.25, 0.3) is 0 Å². The number of piperidine rings is 1. The highest BCUT2D eigenvalue weighted by Gasteiger charge is 2.31. The van der Waals surface area contributed by atoms with Crippen LogP contribution in [0.1, 0.15) is 24.0 Å². The Morgan fingerprint density at radius 1 is 1.10 bits per heavy atom. The van der Waals surface area contributed by atoms with E-state index in [0.717, 1.165) is 42.7 Å². The smallest absolute Gasteiger partial charge is 0.443 e. The highest BCUT2D eigenvalue weighted by atomic mass is 19.4. The number of halogens is 3. The molecule has 0 spiro atoms. The summed E-state index contributed by atoms with van der Waals surface area (Å²) in [4.78, 5) is 18.8. The molecule has 0 saturated carbocycles. The van der Waals surface area contributed by atoms with E-state index < -0.39 is 11.3 Å². The average molecular weight is 562 g/mol. The molecule has 0 aliphatic carbocycles. The second kappa shape index (κ2) is 11.7. The molecule has 0 unspecified atom stereocenters. The van der Waals surface area contributed by atoms with E-state index in [0.29, 0.717) is 25.7 Å². The molecule has 0 amide bonds. The maximum absolute atomic E-state index is 12.4. The van der Waals surface area contributed by atoms with Crippen molar-refractivity contribution in [3.8, 4) is 11.8 Å². The molecular weight excluding hydrogens is 531 g/mol. The summed E-state index contributed by atoms with van der Waals surface area (Å²) in [6.45, 7) is 3.58. The molecule has 1 saturated heterocycles. The molecular formula is C27H30F3N5O5. The van der Waals surface area contributed by atoms with Crippen molar-refractivity contribution < 1.29 is 32.3 Å². The van der Waals surface area contributed by atoms with Gasteiger partial charge in [-0.1, -0.05) is 24.3 Å². The highest BCUT2D eigenvalue weighted by Crippen LogP contribution is 2.27. The molecule has 0 bridgehead atoms. The average Bonchev–Trinajstić information content (AvgIpc) is 3.37. The summed E-state index contributed by atoms with van der Waals surface area (Å²) in [6, 6.07) is 14.9. The number of imidazole rings is 1. The number of alkyl halides is 3. The van der Waals surface area contributed by atoms with Crippen LogP contribution < -0.4 is 14.4 Å². The predicted octanol–water partition coefficient (Wildman–Crippen LogP) is 4.77. The molecule has 2 aromatic carbocycles. The van der Waals surface area contributed by atoms with E-state index in [2.05, 4.69) is 31.7 Å². The van der Waals surface area contributed by atoms with Gasteiger partial charge in [0, 0.05) is 36.3 Å². The quantitative estimate of drug-likeness (QED) is 0.273. The first-order chi connectivity index (χ1) is 19.1. The van der Waals surface area contributed by atoms with Crippen LogP contribution in [-0.2, 0) is 24.4 Å². The Labute approximate surface area is 229 Å². The van der Waals surface area contributed by atoms with Crippen molar-refractivity contribution in [2.45, 2.75) is 51.0 Å². The number of fused-ring (bicyclic) bond motifs is 1. The topological polar surface area (TPSA) is 95.1 Å². The molecule has 1 fully saturated rings. The van der Waals surface area contributed by atoms with Crippen LogP contribution in [0, 0.1) is 10.1 Å². The van der Waals surface area contributed by atoms with E-state index in [9.17, 15) is 23.3 Å². The van der Waals surface area contributed by atoms with Gasteiger partial charge in [-0.25, -0.2) is 0 Å². The van der Waals surface area contributed by atoms with Gasteiger partial charge in [0.25, 0.3) is 0 Å². The minimum atomic E-state index is -4.69. The fourth-order valence-corrected chi connectivity index (χ4v) is 5.06. The van der Waals surface area contributed by atoms with E-state index in [4.69, 9.17) is 9.47 Å². The number of hydrogen-bond acceptors (Lipinski definition) is 8. The lowest BCUT2D eigenvalue weighted by Gasteiger charge is -2.38. The van der Waals surface area contributed by atoms with Crippen LogP contribution in [-0.4, -0.2) is 64.6 Å². The number of ether oxygens (including phenoxy) is 3. The Bertz CT molecular complexity index is 1290. The third-order valence-corrected chi connectivity index (χ3v) is 7.18. The third kappa shape index (κ3) is 7.02. The first-order valence-corrected chi connectivity index (χ1v) is 13.0. The highest BCUT2D eigenvalue weighted by molar-refractivity contribution is 5.48. The van der Waals surface area contributed by atoms with Crippen molar-refractivity contribution in [2.24, 2.45) is 0 Å². The molecule has 10 nitrogen and oxygen atoms in total. The SMILES string of the molecule is CN(Cc1ccc(OC(F)(F)F)cc1)C1CCN(c2ccc(CO[C@@H]3COc4nc([N+](=O)[O-])cn4C3)cc2)CC1. The summed E-state index contributed by atoms with van der Waals surface area (Å²) in [5.74, 6) is -0.454. The Balaban J connectivity index is 1.06. The van der Waals surface area contributed by atoms with Crippen LogP contribution in [0.15, 0.2) is 54.7 Å². The molecule has 214 valence electrons. The maximum Gasteiger partial charge on any atom is 0.573 e. The van der Waals surface area contributed by atoms with Gasteiger partial charge < -0.3 is 29.2 Å². The number of benzene rings is 2. The minimum absolute atomic E-state index is 0.214. The Kier molecular flexibility index (Phi) is 8.12. The maximum atomic E-state index is 12.4. The number of nitro groups is 1. The summed E-state index contributed by atoms with van der Waals surface area (Å²) < 4.78 is 54.1. The Morgan fingerprint density at radius 3 is 2.42 bits per heavy atom. The molecule has 1 aromatic heterocycles. The Morgan fingerprint density at radius 2 is 1.77 bits per heavy atom. The molecule has 3 heterocycles. The zero-order valence-corrected chi connectivity index (χ0v) is 21.9. The molecule has 40 heavy (non-hydrogen) atoms. The summed E-state index contributed by atoms with van der Waals surface area (Å²) in [7, 11) is 2.04. The van der Waals surface area contributed by atoms with Crippen LogP contribution in [0.2, 0.25) is 0 Å². The van der Waals surface area contributed by atoms with E-state index in [1.807, 2.05) is 19.2 Å². The standard InChI is InChI=1S/C27H30F3N5O5/c1-32(14-19-4-8-23(9-5-19)40-27(28,29)30)21-10-12-33(13-11-21)22-6-2-20(3-7-22)17-38-24-15-34-16-25(35(36)37)31-26(34)39-18-24/h2-9,16,21,24H,10-15,17-18H2,1H3/t24-/m0/s1. The first kappa shape index (κ1) is 27.7. The molecule has 2 aliphatic heterocycles. The van der Waals surface area contributed by atoms with Crippen molar-refractivity contribution in [3.63, 3.8) is 0 Å². The largest absolute Gasteiger partial charge is 0.573 e. The van der Waals surface area contributed by atoms with Gasteiger partial charge in [-0.15, -0.1) is 13.2 Å². The van der Waals surface area contributed by atoms with Crippen molar-refractivity contribution in [1.82, 2.24) is 14.5 Å². The second-order valence-corrected chi connectivity index (χ2v) is 10.0. The lowest BCUT2D eigenvalue weighted by molar-refractivity contribution is -0.389. The monoisotopic (exact) mass is 561 g/mol. The lowest BCUT2D eigenvalue weighted by atomic mass is 10.0. The minimum Gasteiger partial charge on any atom is -0.443 e. The molecule has 3 aromatic rings. The van der Waals surface area contributed by atoms with Crippen LogP contribution in [0.5, 0.6) is 11.8 Å². The van der Waals surface area contributed by atoms with Gasteiger partial charge in [0.1, 0.15) is 24.7 Å². The van der Waals surface area contributed by atoms with E-state index in [1.54, 1.807) is 16.7 Å². The van der Waals surface area contributed by atoms with Crippen molar-refractivity contribution in [3.05, 3.63) is 76.0 Å². The zero-order valence-electron chi connectivity index (χ0n) is 21.9. The molecule has 2 aliphatic rings. The zero-order chi connectivity index (χ0) is 28.3. The first-order valence-electron chi connectivity index (χ1n) is 13.0. The van der Waals surface area contributed by atoms with Gasteiger partial charge >= 0.3 is 18.2 Å². The fraction of sp³-hybridized carbons (Fsp3) is 0.444. The number of rotatable bonds is 9. The second-order valence-electron chi connectivity index (χ2n) is 10.0.